The average Bonchev–Trinajstić information content (AvgIpc) is 2.11. The van der Waals surface area contributed by atoms with Gasteiger partial charge in [0.25, 0.3) is 0 Å². The Morgan fingerprint density at radius 3 is 2.92 bits per heavy atom. The van der Waals surface area contributed by atoms with Gasteiger partial charge in [-0.3, -0.25) is 0 Å². The number of aliphatic imine (C=N–C) groups is 2. The van der Waals surface area contributed by atoms with Crippen molar-refractivity contribution < 1.29 is 18.3 Å². The monoisotopic (exact) mass is 210 g/mol. The third-order valence-electron chi connectivity index (χ3n) is 1.42. The zero-order valence-electron chi connectivity index (χ0n) is 6.50. The van der Waals surface area contributed by atoms with Crippen LogP contribution in [0.15, 0.2) is 9.98 Å². The van der Waals surface area contributed by atoms with Crippen LogP contribution in [0, 0.1) is 0 Å². The van der Waals surface area contributed by atoms with Gasteiger partial charge in [0.2, 0.25) is 11.2 Å². The van der Waals surface area contributed by atoms with E-state index in [9.17, 15) is 13.6 Å². The van der Waals surface area contributed by atoms with Crippen LogP contribution >= 0.6 is 11.6 Å². The molecule has 0 aromatic rings. The van der Waals surface area contributed by atoms with E-state index in [1.807, 2.05) is 0 Å². The number of amidine groups is 1. The van der Waals surface area contributed by atoms with Crippen molar-refractivity contribution in [3.63, 3.8) is 0 Å². The smallest absolute Gasteiger partial charge is 0.337 e. The van der Waals surface area contributed by atoms with Gasteiger partial charge in [0.05, 0.1) is 7.11 Å². The van der Waals surface area contributed by atoms with Gasteiger partial charge in [0.1, 0.15) is 0 Å². The van der Waals surface area contributed by atoms with Gasteiger partial charge in [-0.1, -0.05) is 11.6 Å². The normalized spacial score (nSPS) is 32.6. The van der Waals surface area contributed by atoms with Crippen LogP contribution in [-0.4, -0.2) is 36.6 Å². The molecule has 13 heavy (non-hydrogen) atoms. The van der Waals surface area contributed by atoms with Crippen LogP contribution in [0.3, 0.4) is 0 Å². The van der Waals surface area contributed by atoms with Crippen LogP contribution < -0.4 is 0 Å². The molecular weight excluding hydrogens is 206 g/mol. The summed E-state index contributed by atoms with van der Waals surface area (Å²) in [6, 6.07) is 0. The van der Waals surface area contributed by atoms with Crippen molar-refractivity contribution in [2.75, 3.05) is 7.11 Å². The van der Waals surface area contributed by atoms with Gasteiger partial charge in [-0.25, -0.2) is 19.2 Å². The van der Waals surface area contributed by atoms with Gasteiger partial charge >= 0.3 is 12.1 Å². The second-order valence-electron chi connectivity index (χ2n) is 2.25. The second kappa shape index (κ2) is 3.37. The van der Waals surface area contributed by atoms with Crippen molar-refractivity contribution >= 4 is 29.9 Å². The van der Waals surface area contributed by atoms with E-state index < -0.39 is 23.2 Å². The average molecular weight is 211 g/mol. The van der Waals surface area contributed by atoms with E-state index in [0.717, 1.165) is 7.11 Å². The van der Waals surface area contributed by atoms with E-state index in [-0.39, 0.29) is 0 Å². The molecule has 0 spiro atoms. The molecule has 0 aromatic carbocycles. The van der Waals surface area contributed by atoms with Gasteiger partial charge < -0.3 is 4.74 Å². The molecule has 0 saturated heterocycles. The second-order valence-corrected chi connectivity index (χ2v) is 2.88. The highest BCUT2D eigenvalue weighted by molar-refractivity contribution is 6.44. The van der Waals surface area contributed by atoms with E-state index in [1.54, 1.807) is 0 Å². The Morgan fingerprint density at radius 1 is 1.85 bits per heavy atom. The summed E-state index contributed by atoms with van der Waals surface area (Å²) in [6.45, 7) is 0. The SMILES string of the molecule is COC(=O)C1(Cl)C=NC(F)=NC1F. The molecule has 0 aliphatic carbocycles. The van der Waals surface area contributed by atoms with Crippen LogP contribution in [0.2, 0.25) is 0 Å². The first-order chi connectivity index (χ1) is 6.00. The minimum Gasteiger partial charge on any atom is -0.467 e. The fourth-order valence-corrected chi connectivity index (χ4v) is 0.911. The van der Waals surface area contributed by atoms with Crippen LogP contribution in [0.25, 0.3) is 0 Å². The molecule has 7 heteroatoms. The van der Waals surface area contributed by atoms with Crippen LogP contribution in [0.4, 0.5) is 8.78 Å². The van der Waals surface area contributed by atoms with E-state index >= 15 is 0 Å². The number of hydrogen-bond donors (Lipinski definition) is 0. The topological polar surface area (TPSA) is 51.0 Å². The standard InChI is InChI=1S/C6H5ClF2N2O2/c1-13-4(12)6(7)2-10-5(9)11-3(6)8/h2-3H,1H3. The number of carbonyl (C=O) groups is 1. The molecule has 72 valence electrons. The molecule has 0 fully saturated rings. The first kappa shape index (κ1) is 10.0. The van der Waals surface area contributed by atoms with Crippen molar-refractivity contribution in [2.24, 2.45) is 9.98 Å². The lowest BCUT2D eigenvalue weighted by molar-refractivity contribution is -0.143. The fraction of sp³-hybridized carbons (Fsp3) is 0.500. The third kappa shape index (κ3) is 1.67. The number of halogens is 3. The highest BCUT2D eigenvalue weighted by Gasteiger charge is 2.47. The fourth-order valence-electron chi connectivity index (χ4n) is 0.736. The van der Waals surface area contributed by atoms with E-state index in [0.29, 0.717) is 6.21 Å². The highest BCUT2D eigenvalue weighted by atomic mass is 35.5. The number of alkyl halides is 2. The van der Waals surface area contributed by atoms with Crippen molar-refractivity contribution in [2.45, 2.75) is 11.2 Å². The predicted octanol–water partition coefficient (Wildman–Crippen LogP) is 0.842. The number of methoxy groups -OCH3 is 1. The van der Waals surface area contributed by atoms with Gasteiger partial charge in [-0.2, -0.15) is 4.39 Å². The minimum atomic E-state index is -2.22. The van der Waals surface area contributed by atoms with E-state index in [2.05, 4.69) is 14.7 Å². The molecule has 1 rings (SSSR count). The molecule has 2 atom stereocenters. The molecule has 0 aromatic heterocycles. The zero-order chi connectivity index (χ0) is 10.1. The Balaban J connectivity index is 2.95. The predicted molar refractivity (Wildman–Crippen MR) is 42.5 cm³/mol. The summed E-state index contributed by atoms with van der Waals surface area (Å²) in [7, 11) is 1.03. The number of carbonyl (C=O) groups excluding carboxylic acids is 1. The number of hydrogen-bond acceptors (Lipinski definition) is 4. The number of ether oxygens (including phenoxy) is 1. The quantitative estimate of drug-likeness (QED) is 0.366. The number of nitrogens with zero attached hydrogens (tertiary/aromatic N) is 2. The summed E-state index contributed by atoms with van der Waals surface area (Å²) in [6.07, 6.45) is -2.85. The number of esters is 1. The molecule has 0 N–H and O–H groups in total. The molecule has 0 amide bonds. The van der Waals surface area contributed by atoms with Crippen LogP contribution in [-0.2, 0) is 9.53 Å². The Labute approximate surface area is 77.3 Å². The molecule has 0 saturated carbocycles. The maximum absolute atomic E-state index is 13.0. The minimum absolute atomic E-state index is 0.632. The van der Waals surface area contributed by atoms with Crippen molar-refractivity contribution in [1.82, 2.24) is 0 Å². The Kier molecular flexibility index (Phi) is 2.60. The molecule has 4 nitrogen and oxygen atoms in total. The Hall–Kier alpha value is -1.04. The van der Waals surface area contributed by atoms with Crippen molar-refractivity contribution in [1.29, 1.82) is 0 Å². The molecule has 1 heterocycles. The maximum Gasteiger partial charge on any atom is 0.337 e. The molecule has 1 aliphatic heterocycles. The number of rotatable bonds is 1. The lowest BCUT2D eigenvalue weighted by atomic mass is 10.1. The molecule has 0 bridgehead atoms. The first-order valence-corrected chi connectivity index (χ1v) is 3.58. The zero-order valence-corrected chi connectivity index (χ0v) is 7.26. The highest BCUT2D eigenvalue weighted by Crippen LogP contribution is 2.26. The van der Waals surface area contributed by atoms with Crippen LogP contribution in [0.1, 0.15) is 0 Å². The molecule has 1 aliphatic rings. The summed E-state index contributed by atoms with van der Waals surface area (Å²) in [5, 5.41) is 0. The van der Waals surface area contributed by atoms with Gasteiger partial charge in [0, 0.05) is 6.21 Å². The summed E-state index contributed by atoms with van der Waals surface area (Å²) < 4.78 is 29.4. The Morgan fingerprint density at radius 2 is 2.46 bits per heavy atom. The van der Waals surface area contributed by atoms with Gasteiger partial charge in [0.15, 0.2) is 0 Å². The van der Waals surface area contributed by atoms with Crippen molar-refractivity contribution in [3.05, 3.63) is 0 Å². The van der Waals surface area contributed by atoms with Crippen LogP contribution in [0.5, 0.6) is 0 Å². The molecular formula is C6H5ClF2N2O2. The van der Waals surface area contributed by atoms with Gasteiger partial charge in [-0.15, -0.1) is 0 Å². The largest absolute Gasteiger partial charge is 0.467 e. The molecule has 2 unspecified atom stereocenters. The van der Waals surface area contributed by atoms with Gasteiger partial charge in [-0.05, 0) is 0 Å². The summed E-state index contributed by atoms with van der Waals surface area (Å²) in [5.41, 5.74) is 0. The molecule has 0 radical (unpaired) electrons. The lowest BCUT2D eigenvalue weighted by Crippen LogP contribution is -2.45. The third-order valence-corrected chi connectivity index (χ3v) is 1.86. The first-order valence-electron chi connectivity index (χ1n) is 3.20. The maximum atomic E-state index is 13.0. The summed E-state index contributed by atoms with van der Waals surface area (Å²) in [5.74, 6) is -1.07. The summed E-state index contributed by atoms with van der Waals surface area (Å²) >= 11 is 5.47. The summed E-state index contributed by atoms with van der Waals surface area (Å²) in [4.78, 5) is 14.5. The van der Waals surface area contributed by atoms with Crippen molar-refractivity contribution in [3.8, 4) is 0 Å². The lowest BCUT2D eigenvalue weighted by Gasteiger charge is -2.22. The van der Waals surface area contributed by atoms with E-state index in [1.165, 1.54) is 0 Å². The van der Waals surface area contributed by atoms with E-state index in [4.69, 9.17) is 11.6 Å². The Bertz CT molecular complexity index is 294.